The highest BCUT2D eigenvalue weighted by molar-refractivity contribution is 9.10. The number of hydrogen-bond donors (Lipinski definition) is 0. The number of aromatic nitrogens is 1. The molecule has 2 fully saturated rings. The van der Waals surface area contributed by atoms with E-state index in [4.69, 9.17) is 0 Å². The lowest BCUT2D eigenvalue weighted by atomic mass is 9.99. The number of imide groups is 1. The molecule has 2 aliphatic heterocycles. The predicted octanol–water partition coefficient (Wildman–Crippen LogP) is 5.35. The zero-order valence-corrected chi connectivity index (χ0v) is 21.0. The molecular formula is C24H28BrN3O3S. The minimum atomic E-state index is -0.247. The third-order valence-electron chi connectivity index (χ3n) is 6.02. The molecule has 0 aliphatic carbocycles. The standard InChI is InChI=1S/C24H28BrN3O3S/c1-15(2)12-28-23(30)21(32-24(28)31)10-17-13-27(20-5-4-18(25)11-19(17)20)14-22(29)26-8-6-16(3)7-9-26/h4-5,10-11,13,15-16H,6-9,12,14H2,1-3H3/b21-10-. The Kier molecular flexibility index (Phi) is 6.81. The largest absolute Gasteiger partial charge is 0.341 e. The molecule has 0 saturated carbocycles. The third-order valence-corrected chi connectivity index (χ3v) is 7.42. The molecule has 32 heavy (non-hydrogen) atoms. The van der Waals surface area contributed by atoms with Crippen molar-refractivity contribution in [3.8, 4) is 0 Å². The molecule has 2 aromatic rings. The predicted molar refractivity (Wildman–Crippen MR) is 132 cm³/mol. The van der Waals surface area contributed by atoms with Crippen LogP contribution >= 0.6 is 27.7 Å². The molecule has 3 amide bonds. The fraction of sp³-hybridized carbons (Fsp3) is 0.458. The van der Waals surface area contributed by atoms with Crippen molar-refractivity contribution in [3.05, 3.63) is 39.3 Å². The number of fused-ring (bicyclic) bond motifs is 1. The highest BCUT2D eigenvalue weighted by atomic mass is 79.9. The molecule has 1 aromatic carbocycles. The maximum absolute atomic E-state index is 13.0. The van der Waals surface area contributed by atoms with Crippen molar-refractivity contribution in [1.29, 1.82) is 0 Å². The van der Waals surface area contributed by atoms with Crippen LogP contribution in [0.25, 0.3) is 17.0 Å². The quantitative estimate of drug-likeness (QED) is 0.501. The van der Waals surface area contributed by atoms with Gasteiger partial charge in [0.2, 0.25) is 5.91 Å². The van der Waals surface area contributed by atoms with Gasteiger partial charge in [0, 0.05) is 46.8 Å². The minimum absolute atomic E-state index is 0.112. The molecule has 0 N–H and O–H groups in total. The number of carbonyl (C=O) groups excluding carboxylic acids is 3. The third kappa shape index (κ3) is 4.81. The molecule has 170 valence electrons. The molecule has 0 spiro atoms. The Labute approximate surface area is 201 Å². The van der Waals surface area contributed by atoms with Gasteiger partial charge in [-0.1, -0.05) is 36.7 Å². The van der Waals surface area contributed by atoms with Crippen LogP contribution in [0.15, 0.2) is 33.8 Å². The van der Waals surface area contributed by atoms with E-state index in [1.807, 2.05) is 47.7 Å². The van der Waals surface area contributed by atoms with Gasteiger partial charge in [-0.15, -0.1) is 0 Å². The van der Waals surface area contributed by atoms with Gasteiger partial charge in [0.25, 0.3) is 11.1 Å². The van der Waals surface area contributed by atoms with Crippen molar-refractivity contribution in [2.75, 3.05) is 19.6 Å². The van der Waals surface area contributed by atoms with Crippen LogP contribution in [-0.4, -0.2) is 51.1 Å². The Morgan fingerprint density at radius 2 is 1.97 bits per heavy atom. The summed E-state index contributed by atoms with van der Waals surface area (Å²) in [6, 6.07) is 5.92. The van der Waals surface area contributed by atoms with Gasteiger partial charge >= 0.3 is 0 Å². The average molecular weight is 518 g/mol. The van der Waals surface area contributed by atoms with Gasteiger partial charge < -0.3 is 9.47 Å². The number of likely N-dealkylation sites (tertiary alicyclic amines) is 1. The van der Waals surface area contributed by atoms with E-state index in [9.17, 15) is 14.4 Å². The summed E-state index contributed by atoms with van der Waals surface area (Å²) in [5, 5.41) is 0.712. The molecule has 0 radical (unpaired) electrons. The summed E-state index contributed by atoms with van der Waals surface area (Å²) in [5.41, 5.74) is 1.76. The number of carbonyl (C=O) groups is 3. The summed E-state index contributed by atoms with van der Waals surface area (Å²) in [4.78, 5) is 41.8. The molecule has 0 atom stereocenters. The Bertz CT molecular complexity index is 1100. The maximum Gasteiger partial charge on any atom is 0.293 e. The molecule has 0 unspecified atom stereocenters. The molecule has 3 heterocycles. The Morgan fingerprint density at radius 3 is 2.66 bits per heavy atom. The normalized spacial score (nSPS) is 19.2. The maximum atomic E-state index is 13.0. The number of benzene rings is 1. The van der Waals surface area contributed by atoms with Crippen molar-refractivity contribution in [2.45, 2.75) is 40.2 Å². The number of piperidine rings is 1. The van der Waals surface area contributed by atoms with Crippen LogP contribution in [0.4, 0.5) is 4.79 Å². The lowest BCUT2D eigenvalue weighted by Gasteiger charge is -2.30. The first-order valence-electron chi connectivity index (χ1n) is 11.0. The number of amides is 3. The van der Waals surface area contributed by atoms with E-state index in [0.29, 0.717) is 17.4 Å². The van der Waals surface area contributed by atoms with Crippen LogP contribution in [0.2, 0.25) is 0 Å². The molecule has 0 bridgehead atoms. The van der Waals surface area contributed by atoms with Crippen LogP contribution in [0.1, 0.15) is 39.2 Å². The van der Waals surface area contributed by atoms with Crippen molar-refractivity contribution >= 4 is 61.7 Å². The van der Waals surface area contributed by atoms with Crippen molar-refractivity contribution in [3.63, 3.8) is 0 Å². The highest BCUT2D eigenvalue weighted by Gasteiger charge is 2.35. The van der Waals surface area contributed by atoms with Crippen LogP contribution in [0.5, 0.6) is 0 Å². The van der Waals surface area contributed by atoms with E-state index in [1.54, 1.807) is 6.08 Å². The van der Waals surface area contributed by atoms with Crippen LogP contribution in [0.3, 0.4) is 0 Å². The lowest BCUT2D eigenvalue weighted by molar-refractivity contribution is -0.133. The highest BCUT2D eigenvalue weighted by Crippen LogP contribution is 2.35. The Morgan fingerprint density at radius 1 is 1.25 bits per heavy atom. The van der Waals surface area contributed by atoms with E-state index >= 15 is 0 Å². The number of halogens is 1. The number of hydrogen-bond acceptors (Lipinski definition) is 4. The van der Waals surface area contributed by atoms with E-state index in [0.717, 1.165) is 58.6 Å². The van der Waals surface area contributed by atoms with Crippen LogP contribution < -0.4 is 0 Å². The second kappa shape index (κ2) is 9.43. The molecule has 4 rings (SSSR count). The fourth-order valence-electron chi connectivity index (χ4n) is 4.21. The van der Waals surface area contributed by atoms with Crippen molar-refractivity contribution in [2.24, 2.45) is 11.8 Å². The van der Waals surface area contributed by atoms with Gasteiger partial charge in [-0.2, -0.15) is 0 Å². The summed E-state index contributed by atoms with van der Waals surface area (Å²) < 4.78 is 2.87. The van der Waals surface area contributed by atoms with Crippen LogP contribution in [-0.2, 0) is 16.1 Å². The summed E-state index contributed by atoms with van der Waals surface area (Å²) in [6.07, 6.45) is 5.78. The molecule has 1 aromatic heterocycles. The monoisotopic (exact) mass is 517 g/mol. The number of rotatable bonds is 5. The first-order chi connectivity index (χ1) is 15.2. The molecule has 2 saturated heterocycles. The molecule has 2 aliphatic rings. The van der Waals surface area contributed by atoms with E-state index in [1.165, 1.54) is 4.90 Å². The number of thioether (sulfide) groups is 1. The van der Waals surface area contributed by atoms with Crippen molar-refractivity contribution in [1.82, 2.24) is 14.4 Å². The first-order valence-corrected chi connectivity index (χ1v) is 12.7. The zero-order valence-electron chi connectivity index (χ0n) is 18.6. The second-order valence-corrected chi connectivity index (χ2v) is 11.0. The van der Waals surface area contributed by atoms with E-state index < -0.39 is 0 Å². The second-order valence-electron chi connectivity index (χ2n) is 9.12. The van der Waals surface area contributed by atoms with Gasteiger partial charge in [0.1, 0.15) is 6.54 Å². The average Bonchev–Trinajstić information content (AvgIpc) is 3.19. The Balaban J connectivity index is 1.64. The smallest absolute Gasteiger partial charge is 0.293 e. The van der Waals surface area contributed by atoms with Crippen LogP contribution in [0, 0.1) is 11.8 Å². The summed E-state index contributed by atoms with van der Waals surface area (Å²) in [6.45, 7) is 8.49. The fourth-order valence-corrected chi connectivity index (χ4v) is 5.41. The Hall–Kier alpha value is -2.06. The molecular weight excluding hydrogens is 490 g/mol. The van der Waals surface area contributed by atoms with E-state index in [-0.39, 0.29) is 29.5 Å². The SMILES string of the molecule is CC(C)CN1C(=O)S/C(=C\c2cn(CC(=O)N3CCC(C)CC3)c3ccc(Br)cc23)C1=O. The van der Waals surface area contributed by atoms with Crippen molar-refractivity contribution < 1.29 is 14.4 Å². The minimum Gasteiger partial charge on any atom is -0.341 e. The van der Waals surface area contributed by atoms with Gasteiger partial charge in [0.15, 0.2) is 0 Å². The molecule has 8 heteroatoms. The summed E-state index contributed by atoms with van der Waals surface area (Å²) in [5.74, 6) is 0.745. The summed E-state index contributed by atoms with van der Waals surface area (Å²) >= 11 is 4.51. The zero-order chi connectivity index (χ0) is 23.0. The number of nitrogens with zero attached hydrogens (tertiary/aromatic N) is 3. The molecule has 6 nitrogen and oxygen atoms in total. The van der Waals surface area contributed by atoms with Gasteiger partial charge in [-0.25, -0.2) is 0 Å². The summed E-state index contributed by atoms with van der Waals surface area (Å²) in [7, 11) is 0. The first kappa shape index (κ1) is 23.1. The van der Waals surface area contributed by atoms with Gasteiger partial charge in [-0.05, 0) is 60.7 Å². The van der Waals surface area contributed by atoms with E-state index in [2.05, 4.69) is 22.9 Å². The topological polar surface area (TPSA) is 62.6 Å². The lowest BCUT2D eigenvalue weighted by Crippen LogP contribution is -2.39. The van der Waals surface area contributed by atoms with Gasteiger partial charge in [0.05, 0.1) is 4.91 Å². The van der Waals surface area contributed by atoms with Gasteiger partial charge in [-0.3, -0.25) is 19.3 Å².